The fraction of sp³-hybridized carbons (Fsp3) is 0.0833. The van der Waals surface area contributed by atoms with Crippen LogP contribution in [-0.4, -0.2) is 19.6 Å². The molecule has 6 heteroatoms. The van der Waals surface area contributed by atoms with Crippen molar-refractivity contribution in [3.05, 3.63) is 49.9 Å². The average molecular weight is 352 g/mol. The van der Waals surface area contributed by atoms with Gasteiger partial charge in [-0.2, -0.15) is 9.50 Å². The normalized spacial score (nSPS) is 11.0. The molecule has 0 aliphatic rings. The zero-order chi connectivity index (χ0) is 12.7. The number of H-pyrrole nitrogens is 1. The Kier molecular flexibility index (Phi) is 2.66. The highest BCUT2D eigenvalue weighted by molar-refractivity contribution is 14.1. The molecule has 0 spiro atoms. The lowest BCUT2D eigenvalue weighted by atomic mass is 10.2. The third-order valence-corrected chi connectivity index (χ3v) is 3.89. The van der Waals surface area contributed by atoms with Crippen LogP contribution in [0.4, 0.5) is 0 Å². The van der Waals surface area contributed by atoms with Crippen LogP contribution in [-0.2, 0) is 0 Å². The molecule has 0 bridgehead atoms. The highest BCUT2D eigenvalue weighted by atomic mass is 127. The lowest BCUT2D eigenvalue weighted by Gasteiger charge is -1.95. The smallest absolute Gasteiger partial charge is 0.271 e. The Morgan fingerprint density at radius 2 is 1.94 bits per heavy atom. The van der Waals surface area contributed by atoms with Crippen molar-refractivity contribution in [2.45, 2.75) is 6.92 Å². The second kappa shape index (κ2) is 4.20. The fourth-order valence-electron chi connectivity index (χ4n) is 1.72. The van der Waals surface area contributed by atoms with Crippen molar-refractivity contribution in [2.24, 2.45) is 0 Å². The van der Waals surface area contributed by atoms with Crippen LogP contribution in [0.3, 0.4) is 0 Å². The Hall–Kier alpha value is -1.70. The number of aryl methyl sites for hydroxylation is 1. The molecule has 0 saturated heterocycles. The summed E-state index contributed by atoms with van der Waals surface area (Å²) in [6.45, 7) is 1.81. The molecule has 2 heterocycles. The van der Waals surface area contributed by atoms with E-state index in [0.29, 0.717) is 20.9 Å². The van der Waals surface area contributed by atoms with Crippen molar-refractivity contribution in [1.29, 1.82) is 0 Å². The molecule has 0 saturated carbocycles. The molecule has 2 aromatic heterocycles. The number of halogens is 1. The van der Waals surface area contributed by atoms with Crippen molar-refractivity contribution in [3.8, 4) is 11.4 Å². The summed E-state index contributed by atoms with van der Waals surface area (Å²) in [5, 5.41) is 2.97. The standard InChI is InChI=1S/C12H9IN4O/c1-7-9(13)11(18)17-12(14-7)15-10(16-17)8-5-3-2-4-6-8/h2-6H,1H3,(H,14,15,16). The van der Waals surface area contributed by atoms with E-state index in [0.717, 1.165) is 5.56 Å². The van der Waals surface area contributed by atoms with Gasteiger partial charge in [-0.25, -0.2) is 4.98 Å². The second-order valence-corrected chi connectivity index (χ2v) is 4.97. The largest absolute Gasteiger partial charge is 0.287 e. The minimum Gasteiger partial charge on any atom is -0.271 e. The van der Waals surface area contributed by atoms with Crippen LogP contribution >= 0.6 is 22.6 Å². The van der Waals surface area contributed by atoms with Crippen LogP contribution in [0.5, 0.6) is 0 Å². The molecule has 1 aromatic carbocycles. The maximum atomic E-state index is 12.0. The van der Waals surface area contributed by atoms with Crippen LogP contribution < -0.4 is 5.56 Å². The van der Waals surface area contributed by atoms with E-state index in [2.05, 4.69) is 15.1 Å². The van der Waals surface area contributed by atoms with Crippen molar-refractivity contribution in [1.82, 2.24) is 19.6 Å². The maximum Gasteiger partial charge on any atom is 0.287 e. The second-order valence-electron chi connectivity index (χ2n) is 3.89. The first-order valence-electron chi connectivity index (χ1n) is 5.37. The molecule has 5 nitrogen and oxygen atoms in total. The molecule has 0 fully saturated rings. The van der Waals surface area contributed by atoms with Gasteiger partial charge in [-0.05, 0) is 29.5 Å². The summed E-state index contributed by atoms with van der Waals surface area (Å²) in [5.74, 6) is 1.04. The molecule has 1 N–H and O–H groups in total. The molecule has 3 aromatic rings. The number of fused-ring (bicyclic) bond motifs is 1. The minimum atomic E-state index is -0.118. The van der Waals surface area contributed by atoms with Gasteiger partial charge in [0.05, 0.1) is 5.69 Å². The molecule has 0 atom stereocenters. The number of aromatic amines is 1. The van der Waals surface area contributed by atoms with Crippen molar-refractivity contribution in [3.63, 3.8) is 0 Å². The van der Waals surface area contributed by atoms with Gasteiger partial charge in [0, 0.05) is 5.56 Å². The zero-order valence-corrected chi connectivity index (χ0v) is 11.7. The van der Waals surface area contributed by atoms with Gasteiger partial charge in [0.25, 0.3) is 11.3 Å². The molecule has 3 rings (SSSR count). The van der Waals surface area contributed by atoms with Gasteiger partial charge in [0.2, 0.25) is 0 Å². The molecule has 0 aliphatic carbocycles. The third kappa shape index (κ3) is 1.72. The number of benzene rings is 1. The molecule has 18 heavy (non-hydrogen) atoms. The number of rotatable bonds is 1. The quantitative estimate of drug-likeness (QED) is 0.682. The number of hydrogen-bond acceptors (Lipinski definition) is 3. The molecular formula is C12H9IN4O. The van der Waals surface area contributed by atoms with Gasteiger partial charge < -0.3 is 0 Å². The van der Waals surface area contributed by atoms with Gasteiger partial charge in [-0.15, -0.1) is 0 Å². The van der Waals surface area contributed by atoms with Crippen LogP contribution in [0, 0.1) is 10.5 Å². The summed E-state index contributed by atoms with van der Waals surface area (Å²) in [4.78, 5) is 20.7. The van der Waals surface area contributed by atoms with Crippen molar-refractivity contribution in [2.75, 3.05) is 0 Å². The van der Waals surface area contributed by atoms with Crippen molar-refractivity contribution >= 4 is 28.4 Å². The van der Waals surface area contributed by atoms with Crippen LogP contribution in [0.2, 0.25) is 0 Å². The Morgan fingerprint density at radius 1 is 1.22 bits per heavy atom. The van der Waals surface area contributed by atoms with E-state index < -0.39 is 0 Å². The summed E-state index contributed by atoms with van der Waals surface area (Å²) in [7, 11) is 0. The number of nitrogens with zero attached hydrogens (tertiary/aromatic N) is 3. The minimum absolute atomic E-state index is 0.118. The Morgan fingerprint density at radius 3 is 2.67 bits per heavy atom. The SMILES string of the molecule is Cc1nc2nc(-c3ccccc3)[nH]n2c(=O)c1I. The van der Waals surface area contributed by atoms with Gasteiger partial charge in [0.1, 0.15) is 3.57 Å². The summed E-state index contributed by atoms with van der Waals surface area (Å²) in [5.41, 5.74) is 1.51. The van der Waals surface area contributed by atoms with Gasteiger partial charge >= 0.3 is 0 Å². The molecule has 90 valence electrons. The predicted octanol–water partition coefficient (Wildman–Crippen LogP) is 2.00. The third-order valence-electron chi connectivity index (χ3n) is 2.65. The molecule has 0 unspecified atom stereocenters. The lowest BCUT2D eigenvalue weighted by Crippen LogP contribution is -2.19. The van der Waals surface area contributed by atoms with Crippen molar-refractivity contribution < 1.29 is 0 Å². The van der Waals surface area contributed by atoms with Gasteiger partial charge in [-0.1, -0.05) is 30.3 Å². The van der Waals surface area contributed by atoms with Crippen LogP contribution in [0.15, 0.2) is 35.1 Å². The highest BCUT2D eigenvalue weighted by Gasteiger charge is 2.11. The van der Waals surface area contributed by atoms with Crippen LogP contribution in [0.25, 0.3) is 17.2 Å². The summed E-state index contributed by atoms with van der Waals surface area (Å²) in [6.07, 6.45) is 0. The van der Waals surface area contributed by atoms with E-state index >= 15 is 0 Å². The topological polar surface area (TPSA) is 63.1 Å². The Bertz CT molecular complexity index is 776. The number of aromatic nitrogens is 4. The fourth-order valence-corrected chi connectivity index (χ4v) is 2.09. The van der Waals surface area contributed by atoms with E-state index in [9.17, 15) is 4.79 Å². The first kappa shape index (κ1) is 11.4. The first-order chi connectivity index (χ1) is 8.66. The molecule has 0 aliphatic heterocycles. The van der Waals surface area contributed by atoms with Gasteiger partial charge in [0.15, 0.2) is 5.82 Å². The summed E-state index contributed by atoms with van der Waals surface area (Å²) < 4.78 is 1.98. The first-order valence-corrected chi connectivity index (χ1v) is 6.45. The van der Waals surface area contributed by atoms with E-state index in [1.54, 1.807) is 6.92 Å². The molecule has 0 amide bonds. The molecular weight excluding hydrogens is 343 g/mol. The maximum absolute atomic E-state index is 12.0. The summed E-state index contributed by atoms with van der Waals surface area (Å²) in [6, 6.07) is 9.65. The Labute approximate surface area is 116 Å². The monoisotopic (exact) mass is 352 g/mol. The Balaban J connectivity index is 2.30. The van der Waals surface area contributed by atoms with E-state index in [4.69, 9.17) is 0 Å². The zero-order valence-electron chi connectivity index (χ0n) is 9.51. The highest BCUT2D eigenvalue weighted by Crippen LogP contribution is 2.14. The predicted molar refractivity (Wildman–Crippen MR) is 76.5 cm³/mol. The van der Waals surface area contributed by atoms with E-state index in [-0.39, 0.29) is 5.56 Å². The van der Waals surface area contributed by atoms with Crippen LogP contribution in [0.1, 0.15) is 5.69 Å². The number of hydrogen-bond donors (Lipinski definition) is 1. The summed E-state index contributed by atoms with van der Waals surface area (Å²) >= 11 is 2.00. The van der Waals surface area contributed by atoms with E-state index in [1.165, 1.54) is 4.52 Å². The van der Waals surface area contributed by atoms with E-state index in [1.807, 2.05) is 52.9 Å². The molecule has 0 radical (unpaired) electrons. The number of nitrogens with one attached hydrogen (secondary N) is 1. The average Bonchev–Trinajstić information content (AvgIpc) is 2.81. The lowest BCUT2D eigenvalue weighted by molar-refractivity contribution is 0.881. The van der Waals surface area contributed by atoms with Gasteiger partial charge in [-0.3, -0.25) is 9.89 Å².